The number of phenolic OH excluding ortho intramolecular Hbond substituents is 2. The first kappa shape index (κ1) is 21.4. The molecule has 9 heteroatoms. The zero-order valence-corrected chi connectivity index (χ0v) is 17.8. The van der Waals surface area contributed by atoms with Crippen LogP contribution in [0.1, 0.15) is 5.56 Å². The molecule has 0 radical (unpaired) electrons. The number of aromatic hydroxyl groups is 2. The molecule has 3 aromatic rings. The third-order valence-corrected chi connectivity index (χ3v) is 5.83. The van der Waals surface area contributed by atoms with Crippen molar-refractivity contribution in [3.05, 3.63) is 82.8 Å². The Morgan fingerprint density at radius 1 is 0.900 bits per heavy atom. The van der Waals surface area contributed by atoms with Gasteiger partial charge in [0.05, 0.1) is 4.90 Å². The molecule has 154 valence electrons. The van der Waals surface area contributed by atoms with E-state index in [4.69, 9.17) is 0 Å². The Hall–Kier alpha value is -3.30. The lowest BCUT2D eigenvalue weighted by molar-refractivity contribution is -0.111. The second-order valence-electron chi connectivity index (χ2n) is 6.21. The van der Waals surface area contributed by atoms with Crippen molar-refractivity contribution in [1.82, 2.24) is 0 Å². The van der Waals surface area contributed by atoms with Gasteiger partial charge in [0.25, 0.3) is 10.0 Å². The predicted molar refractivity (Wildman–Crippen MR) is 119 cm³/mol. The predicted octanol–water partition coefficient (Wildman–Crippen LogP) is 4.31. The second-order valence-corrected chi connectivity index (χ2v) is 8.81. The smallest absolute Gasteiger partial charge is 0.261 e. The van der Waals surface area contributed by atoms with Crippen LogP contribution in [0, 0.1) is 0 Å². The minimum atomic E-state index is -3.77. The molecule has 0 bridgehead atoms. The first-order chi connectivity index (χ1) is 14.2. The van der Waals surface area contributed by atoms with Crippen LogP contribution in [0.25, 0.3) is 6.08 Å². The van der Waals surface area contributed by atoms with Gasteiger partial charge in [0.1, 0.15) is 0 Å². The molecule has 30 heavy (non-hydrogen) atoms. The summed E-state index contributed by atoms with van der Waals surface area (Å²) in [6, 6.07) is 16.7. The topological polar surface area (TPSA) is 116 Å². The van der Waals surface area contributed by atoms with Crippen molar-refractivity contribution in [1.29, 1.82) is 0 Å². The SMILES string of the molecule is O=C(/C=C/c1ccc(O)c(O)c1)Nc1ccc(S(=O)(=O)Nc2cccc(Br)c2)cc1. The van der Waals surface area contributed by atoms with Crippen LogP contribution in [0.15, 0.2) is 82.2 Å². The molecule has 0 aliphatic heterocycles. The Balaban J connectivity index is 1.65. The Morgan fingerprint density at radius 3 is 2.30 bits per heavy atom. The van der Waals surface area contributed by atoms with E-state index in [0.29, 0.717) is 16.9 Å². The monoisotopic (exact) mass is 488 g/mol. The number of anilines is 2. The van der Waals surface area contributed by atoms with Gasteiger partial charge in [0, 0.05) is 21.9 Å². The van der Waals surface area contributed by atoms with Gasteiger partial charge in [-0.1, -0.05) is 28.1 Å². The van der Waals surface area contributed by atoms with Gasteiger partial charge in [-0.05, 0) is 66.2 Å². The van der Waals surface area contributed by atoms with Crippen molar-refractivity contribution < 1.29 is 23.4 Å². The molecule has 0 atom stereocenters. The number of carbonyl (C=O) groups is 1. The summed E-state index contributed by atoms with van der Waals surface area (Å²) in [5.74, 6) is -0.975. The van der Waals surface area contributed by atoms with Crippen molar-refractivity contribution in [2.24, 2.45) is 0 Å². The molecule has 0 saturated carbocycles. The Morgan fingerprint density at radius 2 is 1.63 bits per heavy atom. The zero-order valence-electron chi connectivity index (χ0n) is 15.4. The van der Waals surface area contributed by atoms with Crippen molar-refractivity contribution in [3.8, 4) is 11.5 Å². The highest BCUT2D eigenvalue weighted by atomic mass is 79.9. The molecular weight excluding hydrogens is 472 g/mol. The van der Waals surface area contributed by atoms with E-state index in [-0.39, 0.29) is 16.4 Å². The number of rotatable bonds is 6. The maximum atomic E-state index is 12.5. The van der Waals surface area contributed by atoms with E-state index >= 15 is 0 Å². The average molecular weight is 489 g/mol. The van der Waals surface area contributed by atoms with Gasteiger partial charge in [-0.25, -0.2) is 8.42 Å². The maximum Gasteiger partial charge on any atom is 0.261 e. The molecule has 0 unspecified atom stereocenters. The van der Waals surface area contributed by atoms with Crippen LogP contribution < -0.4 is 10.0 Å². The summed E-state index contributed by atoms with van der Waals surface area (Å²) in [6.45, 7) is 0. The first-order valence-corrected chi connectivity index (χ1v) is 10.9. The van der Waals surface area contributed by atoms with Gasteiger partial charge in [-0.15, -0.1) is 0 Å². The van der Waals surface area contributed by atoms with Crippen LogP contribution in [-0.2, 0) is 14.8 Å². The molecule has 0 aliphatic carbocycles. The molecule has 1 amide bonds. The lowest BCUT2D eigenvalue weighted by Gasteiger charge is -2.09. The van der Waals surface area contributed by atoms with E-state index in [9.17, 15) is 23.4 Å². The van der Waals surface area contributed by atoms with E-state index in [1.807, 2.05) is 0 Å². The summed E-state index contributed by atoms with van der Waals surface area (Å²) < 4.78 is 28.2. The number of phenols is 2. The normalized spacial score (nSPS) is 11.4. The highest BCUT2D eigenvalue weighted by Crippen LogP contribution is 2.25. The fraction of sp³-hybridized carbons (Fsp3) is 0. The number of benzene rings is 3. The minimum absolute atomic E-state index is 0.0515. The summed E-state index contributed by atoms with van der Waals surface area (Å²) >= 11 is 3.29. The lowest BCUT2D eigenvalue weighted by atomic mass is 10.2. The lowest BCUT2D eigenvalue weighted by Crippen LogP contribution is -2.13. The van der Waals surface area contributed by atoms with Crippen LogP contribution in [0.2, 0.25) is 0 Å². The number of carbonyl (C=O) groups excluding carboxylic acids is 1. The molecule has 0 spiro atoms. The van der Waals surface area contributed by atoms with E-state index < -0.39 is 15.9 Å². The molecule has 7 nitrogen and oxygen atoms in total. The van der Waals surface area contributed by atoms with Gasteiger partial charge >= 0.3 is 0 Å². The number of hydrogen-bond acceptors (Lipinski definition) is 5. The molecule has 0 heterocycles. The standard InChI is InChI=1S/C21H17BrN2O5S/c22-15-2-1-3-17(13-15)24-30(28,29)18-8-6-16(7-9-18)23-21(27)11-5-14-4-10-19(25)20(26)12-14/h1-13,24-26H,(H,23,27)/b11-5+. The third kappa shape index (κ3) is 5.62. The summed E-state index contributed by atoms with van der Waals surface area (Å²) in [7, 11) is -3.77. The van der Waals surface area contributed by atoms with Crippen molar-refractivity contribution in [3.63, 3.8) is 0 Å². The van der Waals surface area contributed by atoms with Crippen molar-refractivity contribution in [2.45, 2.75) is 4.90 Å². The van der Waals surface area contributed by atoms with Gasteiger partial charge in [-0.2, -0.15) is 0 Å². The van der Waals surface area contributed by atoms with Gasteiger partial charge in [-0.3, -0.25) is 9.52 Å². The minimum Gasteiger partial charge on any atom is -0.504 e. The number of nitrogens with one attached hydrogen (secondary N) is 2. The van der Waals surface area contributed by atoms with Crippen molar-refractivity contribution in [2.75, 3.05) is 10.0 Å². The molecule has 4 N–H and O–H groups in total. The van der Waals surface area contributed by atoms with Crippen LogP contribution in [0.4, 0.5) is 11.4 Å². The molecule has 0 aromatic heterocycles. The summed E-state index contributed by atoms with van der Waals surface area (Å²) in [6.07, 6.45) is 2.72. The maximum absolute atomic E-state index is 12.5. The van der Waals surface area contributed by atoms with E-state index in [1.54, 1.807) is 24.3 Å². The number of amides is 1. The Bertz CT molecular complexity index is 1210. The fourth-order valence-corrected chi connectivity index (χ4v) is 3.93. The number of sulfonamides is 1. The van der Waals surface area contributed by atoms with Crippen LogP contribution in [0.3, 0.4) is 0 Å². The van der Waals surface area contributed by atoms with E-state index in [1.165, 1.54) is 54.6 Å². The van der Waals surface area contributed by atoms with E-state index in [2.05, 4.69) is 26.0 Å². The fourth-order valence-electron chi connectivity index (χ4n) is 2.48. The molecule has 0 aliphatic rings. The second kappa shape index (κ2) is 9.02. The molecule has 3 rings (SSSR count). The quantitative estimate of drug-likeness (QED) is 0.304. The molecule has 0 saturated heterocycles. The van der Waals surface area contributed by atoms with Crippen molar-refractivity contribution >= 4 is 49.3 Å². The molecule has 0 fully saturated rings. The molecular formula is C21H17BrN2O5S. The molecule has 3 aromatic carbocycles. The number of hydrogen-bond donors (Lipinski definition) is 4. The largest absolute Gasteiger partial charge is 0.504 e. The van der Waals surface area contributed by atoms with Crippen LogP contribution in [-0.4, -0.2) is 24.5 Å². The van der Waals surface area contributed by atoms with Gasteiger partial charge in [0.2, 0.25) is 5.91 Å². The van der Waals surface area contributed by atoms with Crippen LogP contribution >= 0.6 is 15.9 Å². The Labute approximate surface area is 181 Å². The Kier molecular flexibility index (Phi) is 6.43. The highest BCUT2D eigenvalue weighted by molar-refractivity contribution is 9.10. The van der Waals surface area contributed by atoms with Gasteiger partial charge in [0.15, 0.2) is 11.5 Å². The van der Waals surface area contributed by atoms with E-state index in [0.717, 1.165) is 4.47 Å². The van der Waals surface area contributed by atoms with Gasteiger partial charge < -0.3 is 15.5 Å². The summed E-state index contributed by atoms with van der Waals surface area (Å²) in [4.78, 5) is 12.1. The van der Waals surface area contributed by atoms with Crippen LogP contribution in [0.5, 0.6) is 11.5 Å². The summed E-state index contributed by atoms with van der Waals surface area (Å²) in [5, 5.41) is 21.4. The average Bonchev–Trinajstić information content (AvgIpc) is 2.69. The zero-order chi connectivity index (χ0) is 21.7. The highest BCUT2D eigenvalue weighted by Gasteiger charge is 2.14. The third-order valence-electron chi connectivity index (χ3n) is 3.94. The summed E-state index contributed by atoms with van der Waals surface area (Å²) in [5.41, 5.74) is 1.37. The first-order valence-electron chi connectivity index (χ1n) is 8.62. The number of halogens is 1.